The predicted molar refractivity (Wildman–Crippen MR) is 86.1 cm³/mol. The average molecular weight is 375 g/mol. The van der Waals surface area contributed by atoms with Crippen LogP contribution in [-0.4, -0.2) is 66.9 Å². The van der Waals surface area contributed by atoms with E-state index in [1.54, 1.807) is 24.3 Å². The molecule has 1 aliphatic heterocycles. The molecule has 1 heterocycles. The Kier molecular flexibility index (Phi) is 5.65. The van der Waals surface area contributed by atoms with Crippen molar-refractivity contribution in [3.63, 3.8) is 0 Å². The number of carbonyl (C=O) groups is 2. The molecule has 1 aromatic carbocycles. The van der Waals surface area contributed by atoms with Crippen LogP contribution in [-0.2, 0) is 14.3 Å². The molecule has 1 saturated heterocycles. The molecular weight excluding hydrogens is 355 g/mol. The molecule has 1 atom stereocenters. The van der Waals surface area contributed by atoms with E-state index < -0.39 is 23.8 Å². The third-order valence-electron chi connectivity index (χ3n) is 4.09. The lowest BCUT2D eigenvalue weighted by molar-refractivity contribution is -0.234. The first-order valence-corrected chi connectivity index (χ1v) is 7.83. The molecule has 0 unspecified atom stereocenters. The minimum atomic E-state index is -5.19. The number of halogens is 3. The van der Waals surface area contributed by atoms with Crippen LogP contribution in [0.2, 0.25) is 0 Å². The van der Waals surface area contributed by atoms with Crippen molar-refractivity contribution in [1.82, 2.24) is 9.80 Å². The van der Waals surface area contributed by atoms with Crippen molar-refractivity contribution in [1.29, 1.82) is 0 Å². The molecule has 0 bridgehead atoms. The second-order valence-corrected chi connectivity index (χ2v) is 6.00. The van der Waals surface area contributed by atoms with Crippen molar-refractivity contribution in [3.8, 4) is 5.75 Å². The van der Waals surface area contributed by atoms with Crippen LogP contribution in [0, 0.1) is 0 Å². The number of hydrogen-bond acceptors (Lipinski definition) is 6. The molecule has 0 radical (unpaired) electrons. The van der Waals surface area contributed by atoms with E-state index in [-0.39, 0.29) is 19.7 Å². The number of carbonyl (C=O) groups excluding carboxylic acids is 2. The Morgan fingerprint density at radius 1 is 1.27 bits per heavy atom. The van der Waals surface area contributed by atoms with E-state index in [4.69, 9.17) is 10.5 Å². The number of rotatable bonds is 5. The average Bonchev–Trinajstić information content (AvgIpc) is 2.56. The quantitative estimate of drug-likeness (QED) is 0.616. The number of esters is 1. The minimum absolute atomic E-state index is 0.0834. The topological polar surface area (TPSA) is 85.1 Å². The highest BCUT2D eigenvalue weighted by molar-refractivity contribution is 5.88. The second-order valence-electron chi connectivity index (χ2n) is 6.00. The summed E-state index contributed by atoms with van der Waals surface area (Å²) in [7, 11) is 1.43. The van der Waals surface area contributed by atoms with E-state index in [2.05, 4.69) is 4.74 Å². The van der Waals surface area contributed by atoms with Gasteiger partial charge in [-0.1, -0.05) is 0 Å². The van der Waals surface area contributed by atoms with Crippen molar-refractivity contribution in [3.05, 3.63) is 24.3 Å². The summed E-state index contributed by atoms with van der Waals surface area (Å²) in [6, 6.07) is 6.58. The summed E-state index contributed by atoms with van der Waals surface area (Å²) in [6.07, 6.45) is -5.19. The summed E-state index contributed by atoms with van der Waals surface area (Å²) in [6.45, 7) is 1.85. The number of alkyl halides is 3. The fourth-order valence-electron chi connectivity index (χ4n) is 2.58. The summed E-state index contributed by atoms with van der Waals surface area (Å²) >= 11 is 0. The Balaban J connectivity index is 2.07. The maximum Gasteiger partial charge on any atom is 0.491 e. The number of nitrogens with zero attached hydrogens (tertiary/aromatic N) is 2. The number of anilines is 1. The number of hydrogen-bond donors (Lipinski definition) is 1. The molecule has 1 aromatic rings. The van der Waals surface area contributed by atoms with Gasteiger partial charge in [0.05, 0.1) is 0 Å². The van der Waals surface area contributed by atoms with Crippen LogP contribution in [0.15, 0.2) is 24.3 Å². The number of nitrogen functional groups attached to an aromatic ring is 1. The zero-order chi connectivity index (χ0) is 19.5. The van der Waals surface area contributed by atoms with Crippen molar-refractivity contribution in [2.45, 2.75) is 18.8 Å². The monoisotopic (exact) mass is 375 g/mol. The normalized spacial score (nSPS) is 21.6. The first kappa shape index (κ1) is 19.8. The van der Waals surface area contributed by atoms with Gasteiger partial charge in [-0.3, -0.25) is 9.69 Å². The van der Waals surface area contributed by atoms with Crippen LogP contribution >= 0.6 is 0 Å². The molecule has 7 nitrogen and oxygen atoms in total. The summed E-state index contributed by atoms with van der Waals surface area (Å²) in [5.41, 5.74) is 4.08. The zero-order valence-electron chi connectivity index (χ0n) is 14.4. The molecular formula is C16H20F3N3O4. The molecule has 144 valence electrons. The van der Waals surface area contributed by atoms with Crippen molar-refractivity contribution < 1.29 is 32.2 Å². The van der Waals surface area contributed by atoms with E-state index in [9.17, 15) is 22.8 Å². The van der Waals surface area contributed by atoms with Crippen LogP contribution in [0.25, 0.3) is 0 Å². The fourth-order valence-corrected chi connectivity index (χ4v) is 2.58. The number of likely N-dealkylation sites (N-methyl/N-ethyl adjacent to an activating group) is 1. The lowest BCUT2D eigenvalue weighted by Gasteiger charge is -2.45. The first-order valence-electron chi connectivity index (χ1n) is 7.83. The second kappa shape index (κ2) is 7.40. The maximum absolute atomic E-state index is 12.6. The Labute approximate surface area is 148 Å². The summed E-state index contributed by atoms with van der Waals surface area (Å²) < 4.78 is 47.8. The van der Waals surface area contributed by atoms with Gasteiger partial charge >= 0.3 is 12.1 Å². The predicted octanol–water partition coefficient (Wildman–Crippen LogP) is 1.24. The van der Waals surface area contributed by atoms with Gasteiger partial charge in [0.15, 0.2) is 0 Å². The van der Waals surface area contributed by atoms with Gasteiger partial charge < -0.3 is 20.1 Å². The highest BCUT2D eigenvalue weighted by Gasteiger charge is 2.53. The molecule has 0 aliphatic carbocycles. The smallest absolute Gasteiger partial charge is 0.491 e. The van der Waals surface area contributed by atoms with E-state index in [1.807, 2.05) is 0 Å². The van der Waals surface area contributed by atoms with Crippen LogP contribution < -0.4 is 10.5 Å². The van der Waals surface area contributed by atoms with Crippen LogP contribution in [0.1, 0.15) is 6.92 Å². The lowest BCUT2D eigenvalue weighted by atomic mass is 10.1. The molecule has 0 aromatic heterocycles. The minimum Gasteiger partial charge on any atom is -0.492 e. The van der Waals surface area contributed by atoms with Crippen molar-refractivity contribution >= 4 is 17.6 Å². The van der Waals surface area contributed by atoms with Crippen molar-refractivity contribution in [2.75, 3.05) is 39.0 Å². The molecule has 0 spiro atoms. The van der Waals surface area contributed by atoms with Gasteiger partial charge in [0.1, 0.15) is 12.4 Å². The Morgan fingerprint density at radius 2 is 1.88 bits per heavy atom. The Morgan fingerprint density at radius 3 is 2.46 bits per heavy atom. The van der Waals surface area contributed by atoms with E-state index in [1.165, 1.54) is 16.8 Å². The van der Waals surface area contributed by atoms with E-state index in [0.29, 0.717) is 18.0 Å². The highest BCUT2D eigenvalue weighted by Crippen LogP contribution is 2.28. The van der Waals surface area contributed by atoms with Crippen LogP contribution in [0.4, 0.5) is 18.9 Å². The summed E-state index contributed by atoms with van der Waals surface area (Å²) in [5.74, 6) is -2.62. The van der Waals surface area contributed by atoms with Crippen LogP contribution in [0.5, 0.6) is 5.75 Å². The number of piperazine rings is 1. The van der Waals surface area contributed by atoms with Gasteiger partial charge in [-0.15, -0.1) is 0 Å². The fraction of sp³-hybridized carbons (Fsp3) is 0.500. The summed E-state index contributed by atoms with van der Waals surface area (Å²) in [5, 5.41) is 0. The maximum atomic E-state index is 12.6. The molecule has 0 saturated carbocycles. The largest absolute Gasteiger partial charge is 0.492 e. The van der Waals surface area contributed by atoms with Gasteiger partial charge in [0.2, 0.25) is 5.72 Å². The van der Waals surface area contributed by atoms with Crippen molar-refractivity contribution in [2.24, 2.45) is 0 Å². The third kappa shape index (κ3) is 4.37. The summed E-state index contributed by atoms with van der Waals surface area (Å²) in [4.78, 5) is 26.2. The molecule has 10 heteroatoms. The standard InChI is InChI=1S/C16H20F3N3O4/c1-15(26-14(24)16(17,18)19)13(23)21(2)7-8-22(15)9-10-25-12-5-3-11(20)4-6-12/h3-6H,7-10,20H2,1-2H3/t15-/m1/s1. The molecule has 1 aliphatic rings. The van der Waals surface area contributed by atoms with Gasteiger partial charge in [-0.05, 0) is 31.2 Å². The molecule has 26 heavy (non-hydrogen) atoms. The highest BCUT2D eigenvalue weighted by atomic mass is 19.4. The number of amides is 1. The van der Waals surface area contributed by atoms with E-state index >= 15 is 0 Å². The SMILES string of the molecule is CN1CCN(CCOc2ccc(N)cc2)[C@](C)(OC(=O)C(F)(F)F)C1=O. The van der Waals surface area contributed by atoms with Gasteiger partial charge in [-0.25, -0.2) is 4.79 Å². The Bertz CT molecular complexity index is 666. The molecule has 1 fully saturated rings. The van der Waals surface area contributed by atoms with Gasteiger partial charge in [0, 0.05) is 32.4 Å². The van der Waals surface area contributed by atoms with Crippen LogP contribution in [0.3, 0.4) is 0 Å². The Hall–Kier alpha value is -2.49. The zero-order valence-corrected chi connectivity index (χ0v) is 14.4. The molecule has 2 rings (SSSR count). The van der Waals surface area contributed by atoms with Gasteiger partial charge in [0.25, 0.3) is 5.91 Å². The molecule has 2 N–H and O–H groups in total. The number of ether oxygens (including phenoxy) is 2. The van der Waals surface area contributed by atoms with Gasteiger partial charge in [-0.2, -0.15) is 13.2 Å². The number of nitrogens with two attached hydrogens (primary N) is 1. The third-order valence-corrected chi connectivity index (χ3v) is 4.09. The first-order chi connectivity index (χ1) is 12.0. The molecule has 1 amide bonds. The lowest BCUT2D eigenvalue weighted by Crippen LogP contribution is -2.66. The van der Waals surface area contributed by atoms with E-state index in [0.717, 1.165) is 6.92 Å². The number of benzene rings is 1.